The lowest BCUT2D eigenvalue weighted by atomic mass is 9.54. The minimum atomic E-state index is -4.25. The molecule has 1 saturated carbocycles. The van der Waals surface area contributed by atoms with Crippen LogP contribution in [0, 0.1) is 17.3 Å². The molecule has 1 aromatic carbocycles. The molecule has 3 aliphatic carbocycles. The predicted octanol–water partition coefficient (Wildman–Crippen LogP) is 3.88. The van der Waals surface area contributed by atoms with Crippen LogP contribution in [0.3, 0.4) is 0 Å². The van der Waals surface area contributed by atoms with Gasteiger partial charge >= 0.3 is 10.3 Å². The summed E-state index contributed by atoms with van der Waals surface area (Å²) in [7, 11) is -4.25. The number of ketones is 1. The second-order valence-electron chi connectivity index (χ2n) is 8.27. The number of rotatable bonds is 3. The first-order chi connectivity index (χ1) is 12.2. The Labute approximate surface area is 154 Å². The second kappa shape index (κ2) is 5.92. The third kappa shape index (κ3) is 2.79. The lowest BCUT2D eigenvalue weighted by Gasteiger charge is -2.50. The third-order valence-corrected chi connectivity index (χ3v) is 7.43. The van der Waals surface area contributed by atoms with E-state index in [1.807, 2.05) is 12.1 Å². The van der Waals surface area contributed by atoms with Crippen LogP contribution in [0.2, 0.25) is 0 Å². The molecule has 0 radical (unpaired) electrons. The molecule has 0 saturated heterocycles. The zero-order valence-electron chi connectivity index (χ0n) is 15.2. The van der Waals surface area contributed by atoms with Gasteiger partial charge < -0.3 is 0 Å². The number of nitrogens with one attached hydrogen (secondary N) is 1. The zero-order chi connectivity index (χ0) is 18.7. The van der Waals surface area contributed by atoms with Gasteiger partial charge in [-0.2, -0.15) is 8.42 Å². The second-order valence-corrected chi connectivity index (χ2v) is 9.43. The molecule has 0 spiro atoms. The SMILES string of the molecule is CC(=O)C1=CCC2C3CCc4cc(NS(=O)(=O)O)ccc4C3CC[C@]12C. The standard InChI is InChI=1S/C20H25NO4S/c1-12(22)18-7-8-19-17-5-3-13-11-14(21-26(23,24)25)4-6-15(13)16(17)9-10-20(18,19)2/h4,6-7,11,16-17,19,21H,3,5,8-10H2,1-2H3,(H,23,24,25)/t16?,17?,19?,20-/m1/s1. The Morgan fingerprint density at radius 2 is 2.08 bits per heavy atom. The Bertz CT molecular complexity index is 904. The van der Waals surface area contributed by atoms with Crippen LogP contribution in [-0.2, 0) is 21.5 Å². The molecule has 0 heterocycles. The molecule has 140 valence electrons. The molecule has 6 heteroatoms. The molecule has 3 aliphatic rings. The Hall–Kier alpha value is -1.66. The highest BCUT2D eigenvalue weighted by atomic mass is 32.2. The van der Waals surface area contributed by atoms with E-state index in [4.69, 9.17) is 4.55 Å². The monoisotopic (exact) mass is 375 g/mol. The summed E-state index contributed by atoms with van der Waals surface area (Å²) in [6, 6.07) is 5.59. The van der Waals surface area contributed by atoms with E-state index < -0.39 is 10.3 Å². The summed E-state index contributed by atoms with van der Waals surface area (Å²) in [5, 5.41) is 0. The molecular weight excluding hydrogens is 350 g/mol. The Balaban J connectivity index is 1.63. The van der Waals surface area contributed by atoms with Crippen LogP contribution in [0.1, 0.15) is 56.6 Å². The third-order valence-electron chi connectivity index (χ3n) is 6.93. The largest absolute Gasteiger partial charge is 0.357 e. The van der Waals surface area contributed by atoms with Gasteiger partial charge in [0.2, 0.25) is 0 Å². The van der Waals surface area contributed by atoms with Gasteiger partial charge in [0.1, 0.15) is 0 Å². The van der Waals surface area contributed by atoms with Crippen molar-refractivity contribution in [2.75, 3.05) is 4.72 Å². The lowest BCUT2D eigenvalue weighted by molar-refractivity contribution is -0.115. The van der Waals surface area contributed by atoms with Gasteiger partial charge in [0.25, 0.3) is 0 Å². The summed E-state index contributed by atoms with van der Waals surface area (Å²) < 4.78 is 33.2. The molecule has 0 aliphatic heterocycles. The molecule has 0 amide bonds. The number of allylic oxidation sites excluding steroid dienone is 2. The summed E-state index contributed by atoms with van der Waals surface area (Å²) in [5.41, 5.74) is 3.92. The molecule has 5 nitrogen and oxygen atoms in total. The van der Waals surface area contributed by atoms with E-state index in [-0.39, 0.29) is 11.2 Å². The van der Waals surface area contributed by atoms with Gasteiger partial charge in [0.15, 0.2) is 5.78 Å². The molecule has 4 rings (SSSR count). The van der Waals surface area contributed by atoms with Gasteiger partial charge in [-0.15, -0.1) is 0 Å². The van der Waals surface area contributed by atoms with Crippen molar-refractivity contribution < 1.29 is 17.8 Å². The number of fused-ring (bicyclic) bond motifs is 5. The number of anilines is 1. The Kier molecular flexibility index (Phi) is 4.04. The fourth-order valence-electron chi connectivity index (χ4n) is 5.91. The number of benzene rings is 1. The van der Waals surface area contributed by atoms with E-state index in [9.17, 15) is 13.2 Å². The predicted molar refractivity (Wildman–Crippen MR) is 100 cm³/mol. The summed E-state index contributed by atoms with van der Waals surface area (Å²) in [5.74, 6) is 1.76. The van der Waals surface area contributed by atoms with Crippen LogP contribution in [0.5, 0.6) is 0 Å². The van der Waals surface area contributed by atoms with Crippen LogP contribution >= 0.6 is 0 Å². The van der Waals surface area contributed by atoms with Crippen molar-refractivity contribution in [3.63, 3.8) is 0 Å². The van der Waals surface area contributed by atoms with Crippen molar-refractivity contribution in [1.82, 2.24) is 0 Å². The number of Topliss-reactive ketones (excluding diaryl/α,β-unsaturated/α-hetero) is 1. The topological polar surface area (TPSA) is 83.5 Å². The van der Waals surface area contributed by atoms with Gasteiger partial charge in [-0.05, 0) is 91.0 Å². The maximum atomic E-state index is 12.1. The van der Waals surface area contributed by atoms with Crippen molar-refractivity contribution >= 4 is 21.8 Å². The van der Waals surface area contributed by atoms with Crippen LogP contribution in [0.15, 0.2) is 29.8 Å². The van der Waals surface area contributed by atoms with Crippen molar-refractivity contribution in [1.29, 1.82) is 0 Å². The van der Waals surface area contributed by atoms with Gasteiger partial charge in [-0.25, -0.2) is 0 Å². The number of hydrogen-bond acceptors (Lipinski definition) is 3. The summed E-state index contributed by atoms with van der Waals surface area (Å²) in [6.45, 7) is 3.95. The molecule has 1 fully saturated rings. The number of aryl methyl sites for hydroxylation is 1. The highest BCUT2D eigenvalue weighted by molar-refractivity contribution is 7.87. The summed E-state index contributed by atoms with van der Waals surface area (Å²) in [6.07, 6.45) is 7.20. The fraction of sp³-hybridized carbons (Fsp3) is 0.550. The highest BCUT2D eigenvalue weighted by Gasteiger charge is 2.52. The Morgan fingerprint density at radius 1 is 1.31 bits per heavy atom. The van der Waals surface area contributed by atoms with Crippen molar-refractivity contribution in [2.45, 2.75) is 51.9 Å². The fourth-order valence-corrected chi connectivity index (χ4v) is 6.33. The van der Waals surface area contributed by atoms with Crippen LogP contribution < -0.4 is 4.72 Å². The minimum absolute atomic E-state index is 0.0109. The van der Waals surface area contributed by atoms with E-state index in [1.54, 1.807) is 13.0 Å². The molecular formula is C20H25NO4S. The lowest BCUT2D eigenvalue weighted by Crippen LogP contribution is -2.42. The molecule has 26 heavy (non-hydrogen) atoms. The Morgan fingerprint density at radius 3 is 2.77 bits per heavy atom. The van der Waals surface area contributed by atoms with E-state index in [0.717, 1.165) is 37.7 Å². The average molecular weight is 375 g/mol. The normalized spacial score (nSPS) is 32.9. The maximum Gasteiger partial charge on any atom is 0.357 e. The first-order valence-electron chi connectivity index (χ1n) is 9.28. The molecule has 2 N–H and O–H groups in total. The highest BCUT2D eigenvalue weighted by Crippen LogP contribution is 2.61. The summed E-state index contributed by atoms with van der Waals surface area (Å²) in [4.78, 5) is 12.1. The molecule has 0 bridgehead atoms. The average Bonchev–Trinajstić information content (AvgIpc) is 2.90. The van der Waals surface area contributed by atoms with E-state index in [2.05, 4.69) is 17.7 Å². The van der Waals surface area contributed by atoms with Crippen molar-refractivity contribution in [3.8, 4) is 0 Å². The summed E-state index contributed by atoms with van der Waals surface area (Å²) >= 11 is 0. The van der Waals surface area contributed by atoms with Gasteiger partial charge in [0.05, 0.1) is 5.69 Å². The smallest absolute Gasteiger partial charge is 0.295 e. The first kappa shape index (κ1) is 17.7. The first-order valence-corrected chi connectivity index (χ1v) is 10.7. The molecule has 0 aromatic heterocycles. The van der Waals surface area contributed by atoms with Gasteiger partial charge in [0, 0.05) is 0 Å². The molecule has 1 aromatic rings. The number of hydrogen-bond donors (Lipinski definition) is 2. The van der Waals surface area contributed by atoms with Crippen LogP contribution in [-0.4, -0.2) is 18.8 Å². The van der Waals surface area contributed by atoms with Crippen LogP contribution in [0.4, 0.5) is 5.69 Å². The van der Waals surface area contributed by atoms with Crippen molar-refractivity contribution in [3.05, 3.63) is 41.0 Å². The van der Waals surface area contributed by atoms with E-state index in [0.29, 0.717) is 23.4 Å². The van der Waals surface area contributed by atoms with Gasteiger partial charge in [-0.3, -0.25) is 14.1 Å². The number of carbonyl (C=O) groups excluding carboxylic acids is 1. The van der Waals surface area contributed by atoms with Crippen molar-refractivity contribution in [2.24, 2.45) is 17.3 Å². The maximum absolute atomic E-state index is 12.1. The number of carbonyl (C=O) groups is 1. The molecule has 4 atom stereocenters. The van der Waals surface area contributed by atoms with Crippen LogP contribution in [0.25, 0.3) is 0 Å². The zero-order valence-corrected chi connectivity index (χ0v) is 16.0. The van der Waals surface area contributed by atoms with E-state index in [1.165, 1.54) is 11.1 Å². The van der Waals surface area contributed by atoms with Gasteiger partial charge in [-0.1, -0.05) is 19.1 Å². The quantitative estimate of drug-likeness (QED) is 0.785. The molecule has 3 unspecified atom stereocenters. The van der Waals surface area contributed by atoms with E-state index >= 15 is 0 Å². The minimum Gasteiger partial charge on any atom is -0.295 e.